The van der Waals surface area contributed by atoms with Gasteiger partial charge in [-0.25, -0.2) is 4.98 Å². The Bertz CT molecular complexity index is 306. The predicted octanol–water partition coefficient (Wildman–Crippen LogP) is 3.60. The van der Waals surface area contributed by atoms with Gasteiger partial charge in [-0.3, -0.25) is 0 Å². The molecule has 1 N–H and O–H groups in total. The molecule has 0 aliphatic carbocycles. The van der Waals surface area contributed by atoms with Gasteiger partial charge in [-0.15, -0.1) is 0 Å². The third kappa shape index (κ3) is 5.21. The van der Waals surface area contributed by atoms with Crippen LogP contribution in [0, 0.1) is 5.92 Å². The zero-order chi connectivity index (χ0) is 13.2. The number of rotatable bonds is 10. The molecule has 0 bridgehead atoms. The van der Waals surface area contributed by atoms with Crippen molar-refractivity contribution in [1.29, 1.82) is 0 Å². The van der Waals surface area contributed by atoms with Crippen molar-refractivity contribution in [3.63, 3.8) is 0 Å². The van der Waals surface area contributed by atoms with Crippen molar-refractivity contribution in [2.24, 2.45) is 5.92 Å². The fourth-order valence-corrected chi connectivity index (χ4v) is 2.25. The Balaban J connectivity index is 2.46. The second kappa shape index (κ2) is 9.15. The van der Waals surface area contributed by atoms with E-state index in [1.54, 1.807) is 0 Å². The van der Waals surface area contributed by atoms with Crippen molar-refractivity contribution in [2.75, 3.05) is 6.54 Å². The Morgan fingerprint density at radius 1 is 1.28 bits per heavy atom. The summed E-state index contributed by atoms with van der Waals surface area (Å²) in [6.45, 7) is 9.85. The van der Waals surface area contributed by atoms with Crippen LogP contribution in [0.1, 0.15) is 58.7 Å². The Kier molecular flexibility index (Phi) is 7.74. The van der Waals surface area contributed by atoms with E-state index in [9.17, 15) is 0 Å². The molecule has 0 aliphatic rings. The summed E-state index contributed by atoms with van der Waals surface area (Å²) < 4.78 is 2.33. The standard InChI is InChI=1S/C15H29N3/c1-4-7-8-14(6-3)13-18-11-10-17-15(18)12-16-9-5-2/h10-11,14,16H,4-9,12-13H2,1-3H3. The van der Waals surface area contributed by atoms with Crippen LogP contribution in [-0.2, 0) is 13.1 Å². The zero-order valence-electron chi connectivity index (χ0n) is 12.3. The lowest BCUT2D eigenvalue weighted by atomic mass is 9.99. The molecular weight excluding hydrogens is 222 g/mol. The van der Waals surface area contributed by atoms with E-state index in [1.807, 2.05) is 6.20 Å². The van der Waals surface area contributed by atoms with Crippen LogP contribution in [0.5, 0.6) is 0 Å². The average Bonchev–Trinajstić information content (AvgIpc) is 2.82. The van der Waals surface area contributed by atoms with Gasteiger partial charge < -0.3 is 9.88 Å². The molecule has 0 fully saturated rings. The van der Waals surface area contributed by atoms with Gasteiger partial charge in [0.15, 0.2) is 0 Å². The molecule has 0 saturated carbocycles. The molecule has 1 aromatic rings. The fraction of sp³-hybridized carbons (Fsp3) is 0.800. The molecule has 18 heavy (non-hydrogen) atoms. The summed E-state index contributed by atoms with van der Waals surface area (Å²) in [5.41, 5.74) is 0. The normalized spacial score (nSPS) is 12.8. The minimum Gasteiger partial charge on any atom is -0.334 e. The number of unbranched alkanes of at least 4 members (excludes halogenated alkanes) is 1. The monoisotopic (exact) mass is 251 g/mol. The highest BCUT2D eigenvalue weighted by molar-refractivity contribution is 4.92. The topological polar surface area (TPSA) is 29.9 Å². The van der Waals surface area contributed by atoms with Gasteiger partial charge in [0.1, 0.15) is 5.82 Å². The molecule has 0 aromatic carbocycles. The molecule has 0 amide bonds. The summed E-state index contributed by atoms with van der Waals surface area (Å²) in [5, 5.41) is 3.43. The highest BCUT2D eigenvalue weighted by Gasteiger charge is 2.09. The van der Waals surface area contributed by atoms with E-state index < -0.39 is 0 Å². The van der Waals surface area contributed by atoms with Gasteiger partial charge in [0.2, 0.25) is 0 Å². The van der Waals surface area contributed by atoms with Crippen LogP contribution in [0.25, 0.3) is 0 Å². The van der Waals surface area contributed by atoms with Gasteiger partial charge in [0, 0.05) is 18.9 Å². The largest absolute Gasteiger partial charge is 0.334 e. The van der Waals surface area contributed by atoms with Gasteiger partial charge in [-0.2, -0.15) is 0 Å². The van der Waals surface area contributed by atoms with E-state index in [4.69, 9.17) is 0 Å². The van der Waals surface area contributed by atoms with E-state index in [2.05, 4.69) is 41.8 Å². The van der Waals surface area contributed by atoms with E-state index >= 15 is 0 Å². The summed E-state index contributed by atoms with van der Waals surface area (Å²) in [4.78, 5) is 4.46. The van der Waals surface area contributed by atoms with Crippen molar-refractivity contribution in [2.45, 2.75) is 66.0 Å². The first kappa shape index (κ1) is 15.2. The predicted molar refractivity (Wildman–Crippen MR) is 77.5 cm³/mol. The number of aromatic nitrogens is 2. The van der Waals surface area contributed by atoms with Crippen LogP contribution in [0.15, 0.2) is 12.4 Å². The van der Waals surface area contributed by atoms with E-state index in [1.165, 1.54) is 37.9 Å². The fourth-order valence-electron chi connectivity index (χ4n) is 2.25. The number of hydrogen-bond donors (Lipinski definition) is 1. The number of hydrogen-bond acceptors (Lipinski definition) is 2. The second-order valence-corrected chi connectivity index (χ2v) is 5.09. The van der Waals surface area contributed by atoms with E-state index in [0.29, 0.717) is 0 Å². The Hall–Kier alpha value is -0.830. The highest BCUT2D eigenvalue weighted by atomic mass is 15.1. The van der Waals surface area contributed by atoms with Crippen LogP contribution in [0.2, 0.25) is 0 Å². The molecule has 0 aliphatic heterocycles. The van der Waals surface area contributed by atoms with E-state index in [-0.39, 0.29) is 0 Å². The lowest BCUT2D eigenvalue weighted by Gasteiger charge is -2.17. The third-order valence-corrected chi connectivity index (χ3v) is 3.51. The highest BCUT2D eigenvalue weighted by Crippen LogP contribution is 2.16. The second-order valence-electron chi connectivity index (χ2n) is 5.09. The van der Waals surface area contributed by atoms with Gasteiger partial charge >= 0.3 is 0 Å². The lowest BCUT2D eigenvalue weighted by Crippen LogP contribution is -2.19. The molecule has 1 unspecified atom stereocenters. The SMILES string of the molecule is CCCCC(CC)Cn1ccnc1CNCCC. The van der Waals surface area contributed by atoms with Crippen LogP contribution in [0.3, 0.4) is 0 Å². The first-order chi connectivity index (χ1) is 8.81. The molecule has 0 saturated heterocycles. The number of imidazole rings is 1. The molecule has 3 heteroatoms. The summed E-state index contributed by atoms with van der Waals surface area (Å²) in [6.07, 6.45) is 10.5. The molecule has 104 valence electrons. The molecule has 0 spiro atoms. The molecule has 1 heterocycles. The quantitative estimate of drug-likeness (QED) is 0.644. The lowest BCUT2D eigenvalue weighted by molar-refractivity contribution is 0.382. The molecular formula is C15H29N3. The van der Waals surface area contributed by atoms with Crippen LogP contribution < -0.4 is 5.32 Å². The molecule has 1 aromatic heterocycles. The maximum atomic E-state index is 4.46. The van der Waals surface area contributed by atoms with Gasteiger partial charge in [-0.05, 0) is 25.3 Å². The van der Waals surface area contributed by atoms with Crippen molar-refractivity contribution in [3.05, 3.63) is 18.2 Å². The van der Waals surface area contributed by atoms with Crippen molar-refractivity contribution >= 4 is 0 Å². The number of nitrogens with one attached hydrogen (secondary N) is 1. The van der Waals surface area contributed by atoms with Crippen LogP contribution in [-0.4, -0.2) is 16.1 Å². The Morgan fingerprint density at radius 3 is 2.78 bits per heavy atom. The van der Waals surface area contributed by atoms with Gasteiger partial charge in [0.05, 0.1) is 6.54 Å². The summed E-state index contributed by atoms with van der Waals surface area (Å²) in [6, 6.07) is 0. The maximum Gasteiger partial charge on any atom is 0.122 e. The van der Waals surface area contributed by atoms with Crippen molar-refractivity contribution in [1.82, 2.24) is 14.9 Å². The Morgan fingerprint density at radius 2 is 2.11 bits per heavy atom. The number of nitrogens with zero attached hydrogens (tertiary/aromatic N) is 2. The van der Waals surface area contributed by atoms with Crippen molar-refractivity contribution < 1.29 is 0 Å². The van der Waals surface area contributed by atoms with Gasteiger partial charge in [0.25, 0.3) is 0 Å². The van der Waals surface area contributed by atoms with Gasteiger partial charge in [-0.1, -0.05) is 40.0 Å². The molecule has 1 atom stereocenters. The summed E-state index contributed by atoms with van der Waals surface area (Å²) >= 11 is 0. The zero-order valence-corrected chi connectivity index (χ0v) is 12.3. The summed E-state index contributed by atoms with van der Waals surface area (Å²) in [5.74, 6) is 1.97. The maximum absolute atomic E-state index is 4.46. The molecule has 1 rings (SSSR count). The minimum atomic E-state index is 0.795. The van der Waals surface area contributed by atoms with Crippen molar-refractivity contribution in [3.8, 4) is 0 Å². The summed E-state index contributed by atoms with van der Waals surface area (Å²) in [7, 11) is 0. The molecule has 0 radical (unpaired) electrons. The van der Waals surface area contributed by atoms with Crippen LogP contribution >= 0.6 is 0 Å². The average molecular weight is 251 g/mol. The minimum absolute atomic E-state index is 0.795. The van der Waals surface area contributed by atoms with E-state index in [0.717, 1.165) is 25.6 Å². The van der Waals surface area contributed by atoms with Crippen LogP contribution in [0.4, 0.5) is 0 Å². The Labute approximate surface area is 112 Å². The first-order valence-corrected chi connectivity index (χ1v) is 7.52. The smallest absolute Gasteiger partial charge is 0.122 e. The first-order valence-electron chi connectivity index (χ1n) is 7.52. The third-order valence-electron chi connectivity index (χ3n) is 3.51. The molecule has 3 nitrogen and oxygen atoms in total.